The lowest BCUT2D eigenvalue weighted by Gasteiger charge is -2.02. The van der Waals surface area contributed by atoms with Crippen LogP contribution in [0.5, 0.6) is 0 Å². The molecule has 0 saturated carbocycles. The topological polar surface area (TPSA) is 75.9 Å². The van der Waals surface area contributed by atoms with E-state index in [0.717, 1.165) is 4.47 Å². The van der Waals surface area contributed by atoms with Crippen LogP contribution >= 0.6 is 15.9 Å². The maximum atomic E-state index is 7.15. The zero-order chi connectivity index (χ0) is 8.43. The highest BCUT2D eigenvalue weighted by Crippen LogP contribution is 2.17. The number of hydrogen-bond acceptors (Lipinski definition) is 2. The third kappa shape index (κ3) is 1.71. The molecular weight excluding hydrogens is 206 g/mol. The third-order valence-electron chi connectivity index (χ3n) is 1.31. The normalized spacial score (nSPS) is 9.55. The Bertz CT molecular complexity index is 296. The van der Waals surface area contributed by atoms with Crippen LogP contribution in [0.3, 0.4) is 0 Å². The van der Waals surface area contributed by atoms with Gasteiger partial charge < -0.3 is 11.5 Å². The smallest absolute Gasteiger partial charge is 0.124 e. The average molecular weight is 214 g/mol. The van der Waals surface area contributed by atoms with Crippen LogP contribution in [0.1, 0.15) is 5.56 Å². The first-order chi connectivity index (χ1) is 5.11. The standard InChI is InChI=1S/C7H8BrN3/c8-4-1-2-6(9)5(3-4)7(10)11/h1-3H,9H2,(H3,10,11). The minimum absolute atomic E-state index is 0.0104. The van der Waals surface area contributed by atoms with E-state index in [2.05, 4.69) is 15.9 Å². The summed E-state index contributed by atoms with van der Waals surface area (Å²) in [4.78, 5) is 0. The van der Waals surface area contributed by atoms with Gasteiger partial charge in [-0.2, -0.15) is 0 Å². The van der Waals surface area contributed by atoms with Gasteiger partial charge in [0.1, 0.15) is 5.84 Å². The Labute approximate surface area is 73.0 Å². The fourth-order valence-electron chi connectivity index (χ4n) is 0.762. The molecule has 4 heteroatoms. The lowest BCUT2D eigenvalue weighted by Crippen LogP contribution is -2.13. The number of nitrogen functional groups attached to an aromatic ring is 2. The summed E-state index contributed by atoms with van der Waals surface area (Å²) in [7, 11) is 0. The van der Waals surface area contributed by atoms with Crippen LogP contribution in [0, 0.1) is 5.41 Å². The van der Waals surface area contributed by atoms with Gasteiger partial charge in [-0.05, 0) is 18.2 Å². The predicted molar refractivity (Wildman–Crippen MR) is 49.6 cm³/mol. The number of hydrogen-bond donors (Lipinski definition) is 3. The summed E-state index contributed by atoms with van der Waals surface area (Å²) in [6, 6.07) is 5.24. The van der Waals surface area contributed by atoms with Crippen molar-refractivity contribution in [2.75, 3.05) is 5.73 Å². The van der Waals surface area contributed by atoms with Crippen LogP contribution in [-0.4, -0.2) is 5.84 Å². The van der Waals surface area contributed by atoms with E-state index in [1.54, 1.807) is 12.1 Å². The molecule has 5 N–H and O–H groups in total. The summed E-state index contributed by atoms with van der Waals surface area (Å²) in [6.07, 6.45) is 0. The summed E-state index contributed by atoms with van der Waals surface area (Å²) < 4.78 is 0.872. The fourth-order valence-corrected chi connectivity index (χ4v) is 1.12. The molecule has 0 radical (unpaired) electrons. The summed E-state index contributed by atoms with van der Waals surface area (Å²) in [5, 5.41) is 7.15. The van der Waals surface area contributed by atoms with Crippen molar-refractivity contribution in [3.8, 4) is 0 Å². The number of rotatable bonds is 1. The van der Waals surface area contributed by atoms with Gasteiger partial charge in [0.2, 0.25) is 0 Å². The number of benzene rings is 1. The van der Waals surface area contributed by atoms with Crippen LogP contribution in [-0.2, 0) is 0 Å². The highest BCUT2D eigenvalue weighted by Gasteiger charge is 2.01. The SMILES string of the molecule is N=C(N)c1cc(Br)ccc1N. The van der Waals surface area contributed by atoms with Gasteiger partial charge in [-0.25, -0.2) is 0 Å². The quantitative estimate of drug-likeness (QED) is 0.374. The van der Waals surface area contributed by atoms with Gasteiger partial charge in [-0.1, -0.05) is 15.9 Å². The Morgan fingerprint density at radius 3 is 2.55 bits per heavy atom. The molecule has 1 aromatic rings. The molecule has 0 aliphatic rings. The van der Waals surface area contributed by atoms with Crippen molar-refractivity contribution in [3.63, 3.8) is 0 Å². The van der Waals surface area contributed by atoms with Gasteiger partial charge >= 0.3 is 0 Å². The maximum Gasteiger partial charge on any atom is 0.124 e. The van der Waals surface area contributed by atoms with E-state index >= 15 is 0 Å². The molecule has 11 heavy (non-hydrogen) atoms. The van der Waals surface area contributed by atoms with E-state index < -0.39 is 0 Å². The van der Waals surface area contributed by atoms with Crippen molar-refractivity contribution in [1.29, 1.82) is 5.41 Å². The second-order valence-corrected chi connectivity index (χ2v) is 3.06. The number of nitrogens with two attached hydrogens (primary N) is 2. The number of halogens is 1. The Hall–Kier alpha value is -1.03. The van der Waals surface area contributed by atoms with Gasteiger partial charge in [0, 0.05) is 15.7 Å². The number of amidine groups is 1. The zero-order valence-corrected chi connectivity index (χ0v) is 7.35. The van der Waals surface area contributed by atoms with E-state index in [1.807, 2.05) is 6.07 Å². The summed E-state index contributed by atoms with van der Waals surface area (Å²) in [6.45, 7) is 0. The van der Waals surface area contributed by atoms with Crippen LogP contribution in [0.2, 0.25) is 0 Å². The molecule has 3 nitrogen and oxygen atoms in total. The lowest BCUT2D eigenvalue weighted by molar-refractivity contribution is 1.42. The molecule has 0 amide bonds. The molecule has 0 aliphatic heterocycles. The molecule has 0 aromatic heterocycles. The summed E-state index contributed by atoms with van der Waals surface area (Å²) in [5.41, 5.74) is 11.9. The van der Waals surface area contributed by atoms with Crippen molar-refractivity contribution >= 4 is 27.5 Å². The second kappa shape index (κ2) is 2.92. The number of nitrogens with one attached hydrogen (secondary N) is 1. The third-order valence-corrected chi connectivity index (χ3v) is 1.80. The van der Waals surface area contributed by atoms with Gasteiger partial charge in [0.25, 0.3) is 0 Å². The molecule has 0 heterocycles. The van der Waals surface area contributed by atoms with Gasteiger partial charge in [-0.15, -0.1) is 0 Å². The Balaban J connectivity index is 3.23. The van der Waals surface area contributed by atoms with E-state index in [9.17, 15) is 0 Å². The second-order valence-electron chi connectivity index (χ2n) is 2.15. The highest BCUT2D eigenvalue weighted by atomic mass is 79.9. The van der Waals surface area contributed by atoms with Crippen LogP contribution in [0.15, 0.2) is 22.7 Å². The minimum Gasteiger partial charge on any atom is -0.398 e. The largest absolute Gasteiger partial charge is 0.398 e. The summed E-state index contributed by atoms with van der Waals surface area (Å²) in [5.74, 6) is -0.0104. The Morgan fingerprint density at radius 2 is 2.09 bits per heavy atom. The molecule has 58 valence electrons. The van der Waals surface area contributed by atoms with E-state index in [0.29, 0.717) is 11.3 Å². The average Bonchev–Trinajstić information content (AvgIpc) is 1.94. The van der Waals surface area contributed by atoms with Crippen molar-refractivity contribution in [2.24, 2.45) is 5.73 Å². The van der Waals surface area contributed by atoms with Crippen LogP contribution in [0.25, 0.3) is 0 Å². The molecule has 0 fully saturated rings. The van der Waals surface area contributed by atoms with Crippen molar-refractivity contribution < 1.29 is 0 Å². The van der Waals surface area contributed by atoms with Gasteiger partial charge in [-0.3, -0.25) is 5.41 Å². The van der Waals surface area contributed by atoms with Crippen molar-refractivity contribution in [2.45, 2.75) is 0 Å². The van der Waals surface area contributed by atoms with E-state index in [4.69, 9.17) is 16.9 Å². The van der Waals surface area contributed by atoms with E-state index in [1.165, 1.54) is 0 Å². The number of anilines is 1. The van der Waals surface area contributed by atoms with Crippen molar-refractivity contribution in [3.05, 3.63) is 28.2 Å². The van der Waals surface area contributed by atoms with E-state index in [-0.39, 0.29) is 5.84 Å². The van der Waals surface area contributed by atoms with Crippen LogP contribution < -0.4 is 11.5 Å². The molecule has 0 bridgehead atoms. The molecule has 1 rings (SSSR count). The zero-order valence-electron chi connectivity index (χ0n) is 5.76. The molecular formula is C7H8BrN3. The van der Waals surface area contributed by atoms with Gasteiger partial charge in [0.15, 0.2) is 0 Å². The minimum atomic E-state index is -0.0104. The molecule has 1 aromatic carbocycles. The molecule has 0 spiro atoms. The maximum absolute atomic E-state index is 7.15. The summed E-state index contributed by atoms with van der Waals surface area (Å²) >= 11 is 3.26. The first kappa shape index (κ1) is 8.07. The molecule has 0 unspecified atom stereocenters. The predicted octanol–water partition coefficient (Wildman–Crippen LogP) is 1.32. The van der Waals surface area contributed by atoms with Crippen LogP contribution in [0.4, 0.5) is 5.69 Å². The lowest BCUT2D eigenvalue weighted by atomic mass is 10.2. The highest BCUT2D eigenvalue weighted by molar-refractivity contribution is 9.10. The van der Waals surface area contributed by atoms with Gasteiger partial charge in [0.05, 0.1) is 0 Å². The Morgan fingerprint density at radius 1 is 1.45 bits per heavy atom. The monoisotopic (exact) mass is 213 g/mol. The molecule has 0 saturated heterocycles. The fraction of sp³-hybridized carbons (Fsp3) is 0. The Kier molecular flexibility index (Phi) is 2.14. The first-order valence-electron chi connectivity index (χ1n) is 3.00. The molecule has 0 aliphatic carbocycles. The van der Waals surface area contributed by atoms with Crippen molar-refractivity contribution in [1.82, 2.24) is 0 Å². The first-order valence-corrected chi connectivity index (χ1v) is 3.80. The molecule has 0 atom stereocenters.